The fraction of sp³-hybridized carbons (Fsp3) is 0.167. The van der Waals surface area contributed by atoms with Crippen LogP contribution in [0.25, 0.3) is 5.76 Å². The van der Waals surface area contributed by atoms with Gasteiger partial charge in [-0.3, -0.25) is 14.5 Å². The third-order valence-corrected chi connectivity index (χ3v) is 5.58. The summed E-state index contributed by atoms with van der Waals surface area (Å²) in [6, 6.07) is 13.7. The van der Waals surface area contributed by atoms with Gasteiger partial charge in [0.15, 0.2) is 0 Å². The molecule has 3 aromatic rings. The average molecular weight is 417 g/mol. The molecule has 7 heteroatoms. The Kier molecular flexibility index (Phi) is 4.32. The lowest BCUT2D eigenvalue weighted by Crippen LogP contribution is -2.29. The summed E-state index contributed by atoms with van der Waals surface area (Å²) in [5, 5.41) is 21.5. The molecule has 7 nitrogen and oxygen atoms in total. The Hall–Kier alpha value is -4.00. The van der Waals surface area contributed by atoms with E-state index in [4.69, 9.17) is 9.15 Å². The number of ketones is 1. The van der Waals surface area contributed by atoms with Crippen molar-refractivity contribution in [2.45, 2.75) is 19.4 Å². The summed E-state index contributed by atoms with van der Waals surface area (Å²) in [7, 11) is 0. The van der Waals surface area contributed by atoms with Gasteiger partial charge < -0.3 is 19.4 Å². The number of amides is 1. The van der Waals surface area contributed by atoms with Gasteiger partial charge in [0.1, 0.15) is 34.8 Å². The van der Waals surface area contributed by atoms with Crippen LogP contribution >= 0.6 is 0 Å². The predicted octanol–water partition coefficient (Wildman–Crippen LogP) is 3.85. The number of rotatable bonds is 3. The fourth-order valence-electron chi connectivity index (χ4n) is 4.11. The molecule has 1 fully saturated rings. The molecule has 0 spiro atoms. The van der Waals surface area contributed by atoms with Gasteiger partial charge >= 0.3 is 0 Å². The van der Waals surface area contributed by atoms with E-state index in [1.54, 1.807) is 49.4 Å². The Morgan fingerprint density at radius 2 is 1.90 bits per heavy atom. The van der Waals surface area contributed by atoms with Gasteiger partial charge in [0.05, 0.1) is 17.9 Å². The average Bonchev–Trinajstić information content (AvgIpc) is 3.46. The van der Waals surface area contributed by atoms with Crippen molar-refractivity contribution in [3.05, 3.63) is 82.8 Å². The molecule has 0 aliphatic carbocycles. The molecule has 31 heavy (non-hydrogen) atoms. The predicted molar refractivity (Wildman–Crippen MR) is 112 cm³/mol. The maximum atomic E-state index is 13.1. The van der Waals surface area contributed by atoms with E-state index < -0.39 is 17.7 Å². The first-order chi connectivity index (χ1) is 15.0. The Morgan fingerprint density at radius 3 is 2.65 bits per heavy atom. The van der Waals surface area contributed by atoms with E-state index in [9.17, 15) is 19.8 Å². The van der Waals surface area contributed by atoms with Crippen molar-refractivity contribution < 1.29 is 29.0 Å². The quantitative estimate of drug-likeness (QED) is 0.381. The van der Waals surface area contributed by atoms with Crippen molar-refractivity contribution in [2.75, 3.05) is 11.5 Å². The molecule has 2 aromatic carbocycles. The molecule has 3 heterocycles. The molecular weight excluding hydrogens is 398 g/mol. The highest BCUT2D eigenvalue weighted by Crippen LogP contribution is 2.45. The molecule has 1 atom stereocenters. The second-order valence-corrected chi connectivity index (χ2v) is 7.53. The number of aromatic hydroxyl groups is 1. The van der Waals surface area contributed by atoms with Gasteiger partial charge in [0, 0.05) is 12.0 Å². The van der Waals surface area contributed by atoms with E-state index in [0.717, 1.165) is 16.2 Å². The Bertz CT molecular complexity index is 1250. The van der Waals surface area contributed by atoms with Gasteiger partial charge in [-0.15, -0.1) is 0 Å². The summed E-state index contributed by atoms with van der Waals surface area (Å²) in [5.74, 6) is -0.525. The number of aliphatic hydroxyl groups is 1. The van der Waals surface area contributed by atoms with Gasteiger partial charge in [-0.25, -0.2) is 0 Å². The van der Waals surface area contributed by atoms with Gasteiger partial charge in [0.25, 0.3) is 11.7 Å². The first-order valence-corrected chi connectivity index (χ1v) is 9.87. The third kappa shape index (κ3) is 2.97. The van der Waals surface area contributed by atoms with Crippen LogP contribution in [-0.2, 0) is 16.0 Å². The largest absolute Gasteiger partial charge is 0.507 e. The minimum absolute atomic E-state index is 0.0959. The van der Waals surface area contributed by atoms with Crippen LogP contribution in [0.15, 0.2) is 64.6 Å². The summed E-state index contributed by atoms with van der Waals surface area (Å²) in [6.07, 6.45) is 0.698. The summed E-state index contributed by atoms with van der Waals surface area (Å²) in [4.78, 5) is 27.3. The number of para-hydroxylation sites is 2. The van der Waals surface area contributed by atoms with E-state index in [1.165, 1.54) is 12.1 Å². The van der Waals surface area contributed by atoms with Crippen LogP contribution < -0.4 is 9.64 Å². The minimum Gasteiger partial charge on any atom is -0.507 e. The lowest BCUT2D eigenvalue weighted by molar-refractivity contribution is -0.132. The number of carbonyl (C=O) groups is 2. The number of aryl methyl sites for hydroxylation is 1. The fourth-order valence-corrected chi connectivity index (χ4v) is 4.11. The number of Topliss-reactive ketones (excluding diaryl/α,β-unsaturated/α-hetero) is 1. The molecular formula is C24H19NO6. The highest BCUT2D eigenvalue weighted by molar-refractivity contribution is 6.51. The van der Waals surface area contributed by atoms with E-state index in [1.807, 2.05) is 0 Å². The van der Waals surface area contributed by atoms with E-state index in [-0.39, 0.29) is 22.8 Å². The highest BCUT2D eigenvalue weighted by atomic mass is 16.5. The number of hydrogen-bond donors (Lipinski definition) is 2. The second kappa shape index (κ2) is 7.05. The minimum atomic E-state index is -1.02. The zero-order valence-electron chi connectivity index (χ0n) is 16.7. The Morgan fingerprint density at radius 1 is 1.10 bits per heavy atom. The summed E-state index contributed by atoms with van der Waals surface area (Å²) >= 11 is 0. The molecule has 2 N–H and O–H groups in total. The van der Waals surface area contributed by atoms with Crippen LogP contribution in [0.1, 0.15) is 28.7 Å². The van der Waals surface area contributed by atoms with Gasteiger partial charge in [-0.05, 0) is 55.0 Å². The molecule has 2 aliphatic heterocycles. The first-order valence-electron chi connectivity index (χ1n) is 9.87. The monoisotopic (exact) mass is 417 g/mol. The number of nitrogens with zero attached hydrogens (tertiary/aromatic N) is 1. The number of furan rings is 1. The number of hydrogen-bond acceptors (Lipinski definition) is 6. The maximum absolute atomic E-state index is 13.1. The number of phenols is 1. The topological polar surface area (TPSA) is 100 Å². The van der Waals surface area contributed by atoms with Crippen molar-refractivity contribution >= 4 is 23.1 Å². The zero-order valence-corrected chi connectivity index (χ0v) is 16.7. The van der Waals surface area contributed by atoms with E-state index in [2.05, 4.69) is 0 Å². The number of aliphatic hydroxyl groups excluding tert-OH is 1. The number of carbonyl (C=O) groups excluding carboxylic acids is 2. The van der Waals surface area contributed by atoms with Crippen LogP contribution in [0.5, 0.6) is 11.5 Å². The second-order valence-electron chi connectivity index (χ2n) is 7.53. The number of fused-ring (bicyclic) bond motifs is 1. The lowest BCUT2D eigenvalue weighted by atomic mass is 9.97. The molecule has 1 unspecified atom stereocenters. The molecule has 0 bridgehead atoms. The van der Waals surface area contributed by atoms with Crippen molar-refractivity contribution in [1.29, 1.82) is 0 Å². The standard InChI is InChI=1S/C24H19NO6/c1-13-6-8-19(31-13)21-20(22(27)15-7-9-18-14(12-15)10-11-30-18)23(28)24(29)25(21)16-4-2-3-5-17(16)26/h2-9,12,21,26-27H,10-11H2,1H3/b22-20-. The highest BCUT2D eigenvalue weighted by Gasteiger charge is 2.49. The Labute approximate surface area is 177 Å². The molecule has 2 aliphatic rings. The van der Waals surface area contributed by atoms with Gasteiger partial charge in [-0.2, -0.15) is 0 Å². The lowest BCUT2D eigenvalue weighted by Gasteiger charge is -2.24. The van der Waals surface area contributed by atoms with Crippen LogP contribution in [0.4, 0.5) is 5.69 Å². The van der Waals surface area contributed by atoms with Crippen molar-refractivity contribution in [3.8, 4) is 11.5 Å². The number of benzene rings is 2. The molecule has 1 saturated heterocycles. The number of phenolic OH excluding ortho intramolecular Hbond substituents is 1. The molecule has 1 aromatic heterocycles. The molecule has 5 rings (SSSR count). The van der Waals surface area contributed by atoms with Crippen LogP contribution in [-0.4, -0.2) is 28.5 Å². The summed E-state index contributed by atoms with van der Waals surface area (Å²) in [5.41, 5.74) is 1.39. The normalized spacial score (nSPS) is 19.5. The van der Waals surface area contributed by atoms with E-state index in [0.29, 0.717) is 30.1 Å². The molecule has 0 radical (unpaired) electrons. The Balaban J connectivity index is 1.71. The van der Waals surface area contributed by atoms with Crippen LogP contribution in [0, 0.1) is 6.92 Å². The molecule has 0 saturated carbocycles. The van der Waals surface area contributed by atoms with E-state index >= 15 is 0 Å². The summed E-state index contributed by atoms with van der Waals surface area (Å²) < 4.78 is 11.3. The SMILES string of the molecule is Cc1ccc(C2/C(=C(/O)c3ccc4c(c3)CCO4)C(=O)C(=O)N2c2ccccc2O)o1. The first kappa shape index (κ1) is 19.0. The third-order valence-electron chi connectivity index (χ3n) is 5.58. The summed E-state index contributed by atoms with van der Waals surface area (Å²) in [6.45, 7) is 2.30. The van der Waals surface area contributed by atoms with Crippen molar-refractivity contribution in [2.24, 2.45) is 0 Å². The van der Waals surface area contributed by atoms with Crippen molar-refractivity contribution in [3.63, 3.8) is 0 Å². The number of anilines is 1. The van der Waals surface area contributed by atoms with Gasteiger partial charge in [-0.1, -0.05) is 12.1 Å². The smallest absolute Gasteiger partial charge is 0.300 e. The van der Waals surface area contributed by atoms with Crippen LogP contribution in [0.3, 0.4) is 0 Å². The molecule has 1 amide bonds. The maximum Gasteiger partial charge on any atom is 0.300 e. The van der Waals surface area contributed by atoms with Crippen LogP contribution in [0.2, 0.25) is 0 Å². The van der Waals surface area contributed by atoms with Crippen molar-refractivity contribution in [1.82, 2.24) is 0 Å². The number of ether oxygens (including phenoxy) is 1. The molecule has 156 valence electrons. The zero-order chi connectivity index (χ0) is 21.7. The van der Waals surface area contributed by atoms with Gasteiger partial charge in [0.2, 0.25) is 0 Å².